The Morgan fingerprint density at radius 3 is 2.60 bits per heavy atom. The van der Waals surface area contributed by atoms with E-state index in [9.17, 15) is 15.3 Å². The number of fused-ring (bicyclic) bond motifs is 1. The van der Waals surface area contributed by atoms with Gasteiger partial charge in [0.25, 0.3) is 0 Å². The zero-order chi connectivity index (χ0) is 11.0. The van der Waals surface area contributed by atoms with Crippen LogP contribution in [-0.4, -0.2) is 26.8 Å². The Kier molecular flexibility index (Phi) is 2.17. The molecule has 80 valence electrons. The third-order valence-electron chi connectivity index (χ3n) is 2.40. The molecule has 0 unspecified atom stereocenters. The minimum absolute atomic E-state index is 0.335. The molecule has 5 nitrogen and oxygen atoms in total. The number of nitrogens with two attached hydrogens (primary N) is 1. The fourth-order valence-electron chi connectivity index (χ4n) is 1.64. The maximum atomic E-state index is 9.55. The number of phenolic OH excluding ortho intramolecular Hbond substituents is 3. The molecule has 0 spiro atoms. The Hall–Kier alpha value is -1.88. The molecule has 2 rings (SSSR count). The molecule has 1 aromatic carbocycles. The molecule has 6 N–H and O–H groups in total. The lowest BCUT2D eigenvalue weighted by atomic mass is 10.1. The minimum Gasteiger partial charge on any atom is -0.504 e. The lowest BCUT2D eigenvalue weighted by Gasteiger charge is -2.03. The van der Waals surface area contributed by atoms with Gasteiger partial charge in [0.15, 0.2) is 11.5 Å². The molecule has 0 aliphatic rings. The van der Waals surface area contributed by atoms with Crippen LogP contribution in [0.2, 0.25) is 0 Å². The van der Waals surface area contributed by atoms with E-state index in [0.29, 0.717) is 23.9 Å². The van der Waals surface area contributed by atoms with Gasteiger partial charge < -0.3 is 26.0 Å². The zero-order valence-corrected chi connectivity index (χ0v) is 7.99. The van der Waals surface area contributed by atoms with Crippen LogP contribution in [0.15, 0.2) is 12.3 Å². The number of phenols is 3. The summed E-state index contributed by atoms with van der Waals surface area (Å²) in [6.07, 6.45) is 2.35. The van der Waals surface area contributed by atoms with Crippen LogP contribution in [0.3, 0.4) is 0 Å². The second kappa shape index (κ2) is 3.36. The molecular weight excluding hydrogens is 196 g/mol. The third kappa shape index (κ3) is 1.37. The minimum atomic E-state index is -0.511. The number of H-pyrrole nitrogens is 1. The molecule has 1 heterocycles. The second-order valence-electron chi connectivity index (χ2n) is 3.37. The van der Waals surface area contributed by atoms with Gasteiger partial charge in [0, 0.05) is 11.6 Å². The summed E-state index contributed by atoms with van der Waals surface area (Å²) in [6.45, 7) is 0.482. The summed E-state index contributed by atoms with van der Waals surface area (Å²) in [7, 11) is 0. The van der Waals surface area contributed by atoms with E-state index < -0.39 is 5.75 Å². The van der Waals surface area contributed by atoms with Crippen LogP contribution in [0.5, 0.6) is 17.2 Å². The lowest BCUT2D eigenvalue weighted by Crippen LogP contribution is -2.01. The lowest BCUT2D eigenvalue weighted by molar-refractivity contribution is 0.371. The molecule has 0 atom stereocenters. The van der Waals surface area contributed by atoms with E-state index in [1.54, 1.807) is 6.20 Å². The Morgan fingerprint density at radius 2 is 1.93 bits per heavy atom. The summed E-state index contributed by atoms with van der Waals surface area (Å²) in [5.41, 5.74) is 6.74. The standard InChI is InChI=1S/C10H12N2O3/c11-2-1-5-4-12-8-6(5)3-7(13)9(14)10(8)15/h3-4,12-15H,1-2,11H2. The summed E-state index contributed by atoms with van der Waals surface area (Å²) in [5.74, 6) is -1.19. The van der Waals surface area contributed by atoms with Crippen molar-refractivity contribution in [2.45, 2.75) is 6.42 Å². The van der Waals surface area contributed by atoms with Crippen molar-refractivity contribution < 1.29 is 15.3 Å². The molecule has 1 aromatic heterocycles. The summed E-state index contributed by atoms with van der Waals surface area (Å²) in [5, 5.41) is 28.9. The first-order valence-corrected chi connectivity index (χ1v) is 4.59. The second-order valence-corrected chi connectivity index (χ2v) is 3.37. The molecule has 5 heteroatoms. The Balaban J connectivity index is 2.71. The van der Waals surface area contributed by atoms with Crippen LogP contribution < -0.4 is 5.73 Å². The molecule has 0 saturated carbocycles. The summed E-state index contributed by atoms with van der Waals surface area (Å²) >= 11 is 0. The van der Waals surface area contributed by atoms with Gasteiger partial charge in [-0.15, -0.1) is 0 Å². The van der Waals surface area contributed by atoms with E-state index in [0.717, 1.165) is 5.56 Å². The third-order valence-corrected chi connectivity index (χ3v) is 2.40. The van der Waals surface area contributed by atoms with E-state index in [-0.39, 0.29) is 11.5 Å². The Bertz CT molecular complexity index is 505. The first-order chi connectivity index (χ1) is 7.15. The molecule has 0 aliphatic carbocycles. The number of aromatic hydroxyl groups is 3. The molecule has 0 aliphatic heterocycles. The van der Waals surface area contributed by atoms with Crippen LogP contribution in [0.4, 0.5) is 0 Å². The highest BCUT2D eigenvalue weighted by atomic mass is 16.3. The average Bonchev–Trinajstić information content (AvgIpc) is 2.59. The molecule has 0 saturated heterocycles. The van der Waals surface area contributed by atoms with Gasteiger partial charge in [0.05, 0.1) is 5.52 Å². The number of hydrogen-bond donors (Lipinski definition) is 5. The molecular formula is C10H12N2O3. The SMILES string of the molecule is NCCc1c[nH]c2c(O)c(O)c(O)cc12. The quantitative estimate of drug-likeness (QED) is 0.471. The normalized spacial score (nSPS) is 11.0. The van der Waals surface area contributed by atoms with Gasteiger partial charge in [-0.05, 0) is 24.6 Å². The monoisotopic (exact) mass is 208 g/mol. The van der Waals surface area contributed by atoms with Crippen LogP contribution in [-0.2, 0) is 6.42 Å². The molecule has 2 aromatic rings. The first-order valence-electron chi connectivity index (χ1n) is 4.59. The Morgan fingerprint density at radius 1 is 1.20 bits per heavy atom. The van der Waals surface area contributed by atoms with Crippen molar-refractivity contribution in [2.75, 3.05) is 6.54 Å². The van der Waals surface area contributed by atoms with Crippen molar-refractivity contribution in [3.63, 3.8) is 0 Å². The van der Waals surface area contributed by atoms with Crippen molar-refractivity contribution in [2.24, 2.45) is 5.73 Å². The number of benzene rings is 1. The molecule has 0 radical (unpaired) electrons. The van der Waals surface area contributed by atoms with Crippen molar-refractivity contribution in [3.8, 4) is 17.2 Å². The fourth-order valence-corrected chi connectivity index (χ4v) is 1.64. The Labute approximate surface area is 85.8 Å². The average molecular weight is 208 g/mol. The van der Waals surface area contributed by atoms with E-state index in [1.807, 2.05) is 0 Å². The maximum absolute atomic E-state index is 9.55. The van der Waals surface area contributed by atoms with E-state index in [2.05, 4.69) is 4.98 Å². The highest BCUT2D eigenvalue weighted by Gasteiger charge is 2.14. The van der Waals surface area contributed by atoms with Gasteiger partial charge in [0.2, 0.25) is 5.75 Å². The summed E-state index contributed by atoms with van der Waals surface area (Å²) < 4.78 is 0. The topological polar surface area (TPSA) is 103 Å². The largest absolute Gasteiger partial charge is 0.504 e. The van der Waals surface area contributed by atoms with Gasteiger partial charge in [-0.2, -0.15) is 0 Å². The summed E-state index contributed by atoms with van der Waals surface area (Å²) in [6, 6.07) is 1.41. The van der Waals surface area contributed by atoms with Crippen molar-refractivity contribution in [1.29, 1.82) is 0 Å². The number of aromatic nitrogens is 1. The zero-order valence-electron chi connectivity index (χ0n) is 7.99. The van der Waals surface area contributed by atoms with Crippen molar-refractivity contribution in [3.05, 3.63) is 17.8 Å². The van der Waals surface area contributed by atoms with Crippen LogP contribution in [0.25, 0.3) is 10.9 Å². The van der Waals surface area contributed by atoms with E-state index >= 15 is 0 Å². The fraction of sp³-hybridized carbons (Fsp3) is 0.200. The van der Waals surface area contributed by atoms with Crippen LogP contribution in [0, 0.1) is 0 Å². The maximum Gasteiger partial charge on any atom is 0.202 e. The number of hydrogen-bond acceptors (Lipinski definition) is 4. The van der Waals surface area contributed by atoms with Crippen molar-refractivity contribution in [1.82, 2.24) is 4.98 Å². The predicted octanol–water partition coefficient (Wildman–Crippen LogP) is 0.786. The molecule has 0 bridgehead atoms. The summed E-state index contributed by atoms with van der Waals surface area (Å²) in [4.78, 5) is 2.83. The van der Waals surface area contributed by atoms with Gasteiger partial charge in [-0.25, -0.2) is 0 Å². The highest BCUT2D eigenvalue weighted by Crippen LogP contribution is 2.41. The predicted molar refractivity (Wildman–Crippen MR) is 56.1 cm³/mol. The van der Waals surface area contributed by atoms with Crippen LogP contribution in [0.1, 0.15) is 5.56 Å². The molecule has 0 fully saturated rings. The highest BCUT2D eigenvalue weighted by molar-refractivity contribution is 5.92. The van der Waals surface area contributed by atoms with Crippen LogP contribution >= 0.6 is 0 Å². The number of aromatic amines is 1. The van der Waals surface area contributed by atoms with Gasteiger partial charge >= 0.3 is 0 Å². The molecule has 0 amide bonds. The van der Waals surface area contributed by atoms with Gasteiger partial charge in [0.1, 0.15) is 0 Å². The van der Waals surface area contributed by atoms with E-state index in [4.69, 9.17) is 5.73 Å². The van der Waals surface area contributed by atoms with E-state index in [1.165, 1.54) is 6.07 Å². The van der Waals surface area contributed by atoms with Gasteiger partial charge in [-0.1, -0.05) is 0 Å². The first kappa shape index (κ1) is 9.67. The smallest absolute Gasteiger partial charge is 0.202 e. The number of rotatable bonds is 2. The molecule has 15 heavy (non-hydrogen) atoms. The van der Waals surface area contributed by atoms with Crippen molar-refractivity contribution >= 4 is 10.9 Å². The number of nitrogens with one attached hydrogen (secondary N) is 1. The van der Waals surface area contributed by atoms with Gasteiger partial charge in [-0.3, -0.25) is 0 Å².